The molecule has 29 heavy (non-hydrogen) atoms. The predicted octanol–water partition coefficient (Wildman–Crippen LogP) is 2.64. The minimum Gasteiger partial charge on any atom is -0.382 e. The fourth-order valence-corrected chi connectivity index (χ4v) is 5.80. The average molecular weight is 457 g/mol. The van der Waals surface area contributed by atoms with Crippen LogP contribution in [0.1, 0.15) is 20.1 Å². The molecule has 0 saturated carbocycles. The number of imidazole rings is 1. The van der Waals surface area contributed by atoms with E-state index < -0.39 is 49.7 Å². The first kappa shape index (κ1) is 20.8. The fourth-order valence-electron chi connectivity index (χ4n) is 3.24. The minimum atomic E-state index is -3.95. The summed E-state index contributed by atoms with van der Waals surface area (Å²) in [5, 5.41) is 0. The first-order valence-electron chi connectivity index (χ1n) is 8.38. The van der Waals surface area contributed by atoms with Crippen LogP contribution in [0.5, 0.6) is 0 Å². The molecule has 160 valence electrons. The summed E-state index contributed by atoms with van der Waals surface area (Å²) in [7, 11) is 0. The van der Waals surface area contributed by atoms with Gasteiger partial charge in [0.2, 0.25) is 6.23 Å². The van der Waals surface area contributed by atoms with Gasteiger partial charge in [-0.25, -0.2) is 23.7 Å². The first-order valence-corrected chi connectivity index (χ1v) is 10.9. The molecule has 2 N–H and O–H groups in total. The summed E-state index contributed by atoms with van der Waals surface area (Å²) in [5.74, 6) is -4.01. The number of ether oxygens (including phenoxy) is 1. The number of fused-ring (bicyclic) bond motifs is 2. The lowest BCUT2D eigenvalue weighted by molar-refractivity contribution is -0.204. The lowest BCUT2D eigenvalue weighted by atomic mass is 9.96. The monoisotopic (exact) mass is 457 g/mol. The number of hydrogen-bond donors (Lipinski definition) is 1. The van der Waals surface area contributed by atoms with Gasteiger partial charge in [-0.05, 0) is 25.7 Å². The van der Waals surface area contributed by atoms with Crippen molar-refractivity contribution in [3.63, 3.8) is 0 Å². The summed E-state index contributed by atoms with van der Waals surface area (Å²) in [6.07, 6.45) is -6.51. The van der Waals surface area contributed by atoms with Gasteiger partial charge in [0.05, 0.1) is 19.0 Å². The van der Waals surface area contributed by atoms with Gasteiger partial charge in [-0.1, -0.05) is 0 Å². The Kier molecular flexibility index (Phi) is 4.87. The Morgan fingerprint density at radius 2 is 2.07 bits per heavy atom. The van der Waals surface area contributed by atoms with Gasteiger partial charge in [0.25, 0.3) is 6.43 Å². The number of halogens is 4. The molecule has 2 fully saturated rings. The van der Waals surface area contributed by atoms with Crippen molar-refractivity contribution in [3.8, 4) is 0 Å². The van der Waals surface area contributed by atoms with Crippen LogP contribution < -0.4 is 5.73 Å². The molecule has 2 aliphatic heterocycles. The Balaban J connectivity index is 1.79. The van der Waals surface area contributed by atoms with Gasteiger partial charge in [-0.3, -0.25) is 9.09 Å². The highest BCUT2D eigenvalue weighted by Gasteiger charge is 2.75. The first-order chi connectivity index (χ1) is 13.5. The van der Waals surface area contributed by atoms with Gasteiger partial charge in [0.1, 0.15) is 11.8 Å². The standard InChI is InChI=1S/C14H16F4N5O4PS/c1-6(2)26-28(29)24-3-13(11(15)16)10(27-28)14(17,18)12(25-13)23-5-22-7-8(19)20-4-21-9(7)23/h4-6,10-12H,3H2,1-2H3,(H2,19,20,21)/t10-,12-,13-,28?/m1/s1. The normalized spacial score (nSPS) is 34.2. The van der Waals surface area contributed by atoms with E-state index >= 15 is 8.78 Å². The second kappa shape index (κ2) is 6.79. The molecule has 2 saturated heterocycles. The molecule has 2 aromatic heterocycles. The Morgan fingerprint density at radius 3 is 2.72 bits per heavy atom. The van der Waals surface area contributed by atoms with Crippen LogP contribution in [0, 0.1) is 0 Å². The Bertz CT molecular complexity index is 994. The Labute approximate surface area is 166 Å². The highest BCUT2D eigenvalue weighted by molar-refractivity contribution is 8.07. The van der Waals surface area contributed by atoms with Gasteiger partial charge in [0.15, 0.2) is 23.2 Å². The Morgan fingerprint density at radius 1 is 1.34 bits per heavy atom. The van der Waals surface area contributed by atoms with Gasteiger partial charge < -0.3 is 19.5 Å². The number of nitrogens with zero attached hydrogens (tertiary/aromatic N) is 4. The van der Waals surface area contributed by atoms with Crippen LogP contribution in [0.25, 0.3) is 11.2 Å². The highest BCUT2D eigenvalue weighted by atomic mass is 32.5. The van der Waals surface area contributed by atoms with Crippen molar-refractivity contribution in [2.75, 3.05) is 12.3 Å². The summed E-state index contributed by atoms with van der Waals surface area (Å²) in [6, 6.07) is 0. The van der Waals surface area contributed by atoms with Crippen LogP contribution in [-0.2, 0) is 30.1 Å². The molecule has 0 radical (unpaired) electrons. The van der Waals surface area contributed by atoms with Gasteiger partial charge in [0, 0.05) is 0 Å². The van der Waals surface area contributed by atoms with Crippen molar-refractivity contribution in [2.45, 2.75) is 50.2 Å². The van der Waals surface area contributed by atoms with Crippen molar-refractivity contribution in [2.24, 2.45) is 0 Å². The molecule has 0 spiro atoms. The van der Waals surface area contributed by atoms with Crippen LogP contribution in [0.4, 0.5) is 23.4 Å². The number of alkyl halides is 4. The quantitative estimate of drug-likeness (QED) is 0.548. The van der Waals surface area contributed by atoms with Gasteiger partial charge in [-0.2, -0.15) is 8.78 Å². The van der Waals surface area contributed by atoms with E-state index in [1.807, 2.05) is 0 Å². The predicted molar refractivity (Wildman–Crippen MR) is 94.9 cm³/mol. The number of hydrogen-bond acceptors (Lipinski definition) is 9. The third-order valence-electron chi connectivity index (χ3n) is 4.49. The second-order valence-electron chi connectivity index (χ2n) is 6.84. The van der Waals surface area contributed by atoms with E-state index in [9.17, 15) is 8.78 Å². The SMILES string of the molecule is CC(C)OP1(=S)OC[C@@]2(C(F)F)O[C@@H](n3cnc4c(N)ncnc43)C(F)(F)[C@@H]2O1. The molecule has 4 atom stereocenters. The van der Waals surface area contributed by atoms with E-state index in [2.05, 4.69) is 15.0 Å². The summed E-state index contributed by atoms with van der Waals surface area (Å²) in [5.41, 5.74) is 2.82. The molecule has 15 heteroatoms. The third-order valence-corrected chi connectivity index (χ3v) is 6.91. The van der Waals surface area contributed by atoms with Gasteiger partial charge in [-0.15, -0.1) is 0 Å². The van der Waals surface area contributed by atoms with E-state index in [4.69, 9.17) is 35.8 Å². The molecule has 1 unspecified atom stereocenters. The van der Waals surface area contributed by atoms with E-state index in [1.54, 1.807) is 13.8 Å². The topological polar surface area (TPSA) is 107 Å². The number of nitrogen functional groups attached to an aromatic ring is 1. The average Bonchev–Trinajstić information content (AvgIpc) is 3.13. The number of rotatable bonds is 4. The number of anilines is 1. The zero-order chi connectivity index (χ0) is 21.2. The Hall–Kier alpha value is -1.44. The lowest BCUT2D eigenvalue weighted by Gasteiger charge is -2.41. The molecular formula is C14H16F4N5O4PS. The molecule has 2 aliphatic rings. The van der Waals surface area contributed by atoms with Crippen LogP contribution >= 0.6 is 6.72 Å². The van der Waals surface area contributed by atoms with Crippen LogP contribution in [0.2, 0.25) is 0 Å². The van der Waals surface area contributed by atoms with Crippen molar-refractivity contribution in [3.05, 3.63) is 12.7 Å². The highest BCUT2D eigenvalue weighted by Crippen LogP contribution is 2.64. The van der Waals surface area contributed by atoms with Crippen LogP contribution in [0.15, 0.2) is 12.7 Å². The smallest absolute Gasteiger partial charge is 0.328 e. The summed E-state index contributed by atoms with van der Waals surface area (Å²) >= 11 is 5.08. The summed E-state index contributed by atoms with van der Waals surface area (Å²) in [4.78, 5) is 11.5. The summed E-state index contributed by atoms with van der Waals surface area (Å²) < 4.78 is 80.4. The fraction of sp³-hybridized carbons (Fsp3) is 0.643. The van der Waals surface area contributed by atoms with E-state index in [0.717, 1.165) is 17.2 Å². The molecule has 0 bridgehead atoms. The molecular weight excluding hydrogens is 441 g/mol. The van der Waals surface area contributed by atoms with E-state index in [1.165, 1.54) is 0 Å². The van der Waals surface area contributed by atoms with Crippen LogP contribution in [-0.4, -0.2) is 56.3 Å². The van der Waals surface area contributed by atoms with Gasteiger partial charge >= 0.3 is 12.6 Å². The largest absolute Gasteiger partial charge is 0.382 e. The van der Waals surface area contributed by atoms with E-state index in [-0.39, 0.29) is 17.0 Å². The number of nitrogens with two attached hydrogens (primary N) is 1. The van der Waals surface area contributed by atoms with Crippen molar-refractivity contribution in [1.82, 2.24) is 19.5 Å². The molecule has 0 aliphatic carbocycles. The number of aromatic nitrogens is 4. The molecule has 0 amide bonds. The minimum absolute atomic E-state index is 0.0262. The molecule has 4 heterocycles. The van der Waals surface area contributed by atoms with Crippen molar-refractivity contribution < 1.29 is 35.9 Å². The third kappa shape index (κ3) is 3.13. The lowest BCUT2D eigenvalue weighted by Crippen LogP contribution is -2.57. The maximum absolute atomic E-state index is 15.4. The van der Waals surface area contributed by atoms with Crippen molar-refractivity contribution >= 4 is 35.5 Å². The molecule has 9 nitrogen and oxygen atoms in total. The zero-order valence-corrected chi connectivity index (χ0v) is 16.7. The molecule has 0 aromatic carbocycles. The maximum atomic E-state index is 15.4. The molecule has 4 rings (SSSR count). The maximum Gasteiger partial charge on any atom is 0.328 e. The van der Waals surface area contributed by atoms with Crippen molar-refractivity contribution in [1.29, 1.82) is 0 Å². The zero-order valence-electron chi connectivity index (χ0n) is 15.0. The van der Waals surface area contributed by atoms with E-state index in [0.29, 0.717) is 0 Å². The molecule has 2 aromatic rings. The van der Waals surface area contributed by atoms with Crippen LogP contribution in [0.3, 0.4) is 0 Å². The second-order valence-corrected chi connectivity index (χ2v) is 9.76. The summed E-state index contributed by atoms with van der Waals surface area (Å²) in [6.45, 7) is -1.44.